The molecule has 0 unspecified atom stereocenters. The van der Waals surface area contributed by atoms with Gasteiger partial charge in [-0.25, -0.2) is 9.36 Å². The molecule has 0 bridgehead atoms. The van der Waals surface area contributed by atoms with Crippen LogP contribution >= 0.6 is 0 Å². The molecule has 4 nitrogen and oxygen atoms in total. The van der Waals surface area contributed by atoms with E-state index in [0.29, 0.717) is 0 Å². The largest absolute Gasteiger partial charge is 0.351 e. The van der Waals surface area contributed by atoms with Crippen LogP contribution in [0.25, 0.3) is 0 Å². The molecule has 1 aromatic rings. The zero-order valence-electron chi connectivity index (χ0n) is 14.0. The van der Waals surface area contributed by atoms with Gasteiger partial charge in [0.15, 0.2) is 12.4 Å². The molecule has 0 radical (unpaired) electrons. The van der Waals surface area contributed by atoms with Gasteiger partial charge in [0.05, 0.1) is 0 Å². The lowest BCUT2D eigenvalue weighted by Crippen LogP contribution is -2.33. The van der Waals surface area contributed by atoms with Gasteiger partial charge < -0.3 is 11.1 Å². The summed E-state index contributed by atoms with van der Waals surface area (Å²) < 4.78 is 2.11. The van der Waals surface area contributed by atoms with Crippen LogP contribution < -0.4 is 15.6 Å². The highest BCUT2D eigenvalue weighted by Gasteiger charge is 2.04. The summed E-state index contributed by atoms with van der Waals surface area (Å²) in [5, 5.41) is 2.60. The van der Waals surface area contributed by atoms with Crippen molar-refractivity contribution in [2.45, 2.75) is 77.7 Å². The molecular weight excluding hydrogens is 274 g/mol. The molecule has 0 fully saturated rings. The van der Waals surface area contributed by atoms with Gasteiger partial charge in [0.2, 0.25) is 0 Å². The van der Waals surface area contributed by atoms with Crippen molar-refractivity contribution in [1.29, 1.82) is 0 Å². The molecule has 124 valence electrons. The van der Waals surface area contributed by atoms with Crippen molar-refractivity contribution in [3.8, 4) is 0 Å². The topological polar surface area (TPSA) is 59.0 Å². The number of unbranched alkanes of at least 4 members (excludes halogenated alkanes) is 9. The number of aryl methyl sites for hydroxylation is 1. The lowest BCUT2D eigenvalue weighted by atomic mass is 10.1. The highest BCUT2D eigenvalue weighted by Crippen LogP contribution is 2.10. The molecule has 0 spiro atoms. The molecule has 1 heterocycles. The molecule has 2 amide bonds. The van der Waals surface area contributed by atoms with E-state index in [4.69, 9.17) is 5.73 Å². The summed E-state index contributed by atoms with van der Waals surface area (Å²) in [6.45, 7) is 3.25. The van der Waals surface area contributed by atoms with Crippen molar-refractivity contribution < 1.29 is 9.36 Å². The van der Waals surface area contributed by atoms with Gasteiger partial charge in [0.25, 0.3) is 0 Å². The summed E-state index contributed by atoms with van der Waals surface area (Å²) in [5.41, 5.74) is 5.87. The molecule has 0 aliphatic carbocycles. The number of nitrogens with two attached hydrogens (primary N) is 1. The van der Waals surface area contributed by atoms with Crippen LogP contribution in [-0.2, 0) is 6.54 Å². The molecule has 22 heavy (non-hydrogen) atoms. The fraction of sp³-hybridized carbons (Fsp3) is 0.667. The Morgan fingerprint density at radius 3 is 2.23 bits per heavy atom. The van der Waals surface area contributed by atoms with Gasteiger partial charge in [-0.2, -0.15) is 0 Å². The number of hydrogen-bond donors (Lipinski definition) is 2. The zero-order chi connectivity index (χ0) is 16.0. The minimum atomic E-state index is -0.517. The smallest absolute Gasteiger partial charge is 0.316 e. The third kappa shape index (κ3) is 9.37. The SMILES string of the molecule is CCCCCCCCCCCC[n+]1cccc(NC(N)=O)c1. The van der Waals surface area contributed by atoms with Crippen molar-refractivity contribution in [3.05, 3.63) is 24.5 Å². The Hall–Kier alpha value is -1.58. The second-order valence-electron chi connectivity index (χ2n) is 6.00. The number of primary amides is 1. The minimum absolute atomic E-state index is 0.517. The Morgan fingerprint density at radius 1 is 1.05 bits per heavy atom. The summed E-state index contributed by atoms with van der Waals surface area (Å²) in [5.74, 6) is 0. The maximum absolute atomic E-state index is 10.8. The first kappa shape index (κ1) is 18.5. The minimum Gasteiger partial charge on any atom is -0.351 e. The van der Waals surface area contributed by atoms with E-state index >= 15 is 0 Å². The molecular formula is C18H32N3O+. The second kappa shape index (κ2) is 12.0. The Morgan fingerprint density at radius 2 is 1.64 bits per heavy atom. The van der Waals surface area contributed by atoms with Crippen molar-refractivity contribution in [2.75, 3.05) is 5.32 Å². The van der Waals surface area contributed by atoms with Crippen molar-refractivity contribution >= 4 is 11.7 Å². The van der Waals surface area contributed by atoms with Gasteiger partial charge in [-0.05, 0) is 12.5 Å². The number of carbonyl (C=O) groups is 1. The van der Waals surface area contributed by atoms with Crippen LogP contribution in [0.3, 0.4) is 0 Å². The molecule has 1 aromatic heterocycles. The van der Waals surface area contributed by atoms with E-state index in [1.54, 1.807) is 0 Å². The fourth-order valence-corrected chi connectivity index (χ4v) is 2.66. The molecule has 4 heteroatoms. The van der Waals surface area contributed by atoms with Gasteiger partial charge in [-0.3, -0.25) is 0 Å². The number of pyridine rings is 1. The zero-order valence-corrected chi connectivity index (χ0v) is 14.0. The maximum Gasteiger partial charge on any atom is 0.316 e. The Bertz CT molecular complexity index is 421. The van der Waals surface area contributed by atoms with Gasteiger partial charge in [-0.15, -0.1) is 0 Å². The Balaban J connectivity index is 2.03. The molecule has 3 N–H and O–H groups in total. The monoisotopic (exact) mass is 306 g/mol. The van der Waals surface area contributed by atoms with Gasteiger partial charge in [0, 0.05) is 12.5 Å². The van der Waals surface area contributed by atoms with Crippen LogP contribution in [0.2, 0.25) is 0 Å². The third-order valence-corrected chi connectivity index (χ3v) is 3.90. The van der Waals surface area contributed by atoms with Crippen molar-refractivity contribution in [1.82, 2.24) is 0 Å². The summed E-state index contributed by atoms with van der Waals surface area (Å²) in [6.07, 6.45) is 17.4. The summed E-state index contributed by atoms with van der Waals surface area (Å²) in [7, 11) is 0. The second-order valence-corrected chi connectivity index (χ2v) is 6.00. The number of hydrogen-bond acceptors (Lipinski definition) is 1. The van der Waals surface area contributed by atoms with Crippen LogP contribution in [0, 0.1) is 0 Å². The average Bonchev–Trinajstić information content (AvgIpc) is 2.49. The van der Waals surface area contributed by atoms with Crippen LogP contribution in [0.5, 0.6) is 0 Å². The summed E-state index contributed by atoms with van der Waals surface area (Å²) in [4.78, 5) is 10.8. The van der Waals surface area contributed by atoms with Gasteiger partial charge in [-0.1, -0.05) is 58.3 Å². The molecule has 0 aliphatic heterocycles. The van der Waals surface area contributed by atoms with E-state index in [0.717, 1.165) is 12.2 Å². The highest BCUT2D eigenvalue weighted by atomic mass is 16.2. The molecule has 0 saturated carbocycles. The Kier molecular flexibility index (Phi) is 10.1. The lowest BCUT2D eigenvalue weighted by Gasteiger charge is -2.02. The average molecular weight is 306 g/mol. The van der Waals surface area contributed by atoms with Crippen LogP contribution in [-0.4, -0.2) is 6.03 Å². The summed E-state index contributed by atoms with van der Waals surface area (Å²) in [6, 6.07) is 3.26. The number of nitrogens with zero attached hydrogens (tertiary/aromatic N) is 1. The van der Waals surface area contributed by atoms with Crippen molar-refractivity contribution in [2.24, 2.45) is 5.73 Å². The summed E-state index contributed by atoms with van der Waals surface area (Å²) >= 11 is 0. The van der Waals surface area contributed by atoms with E-state index in [-0.39, 0.29) is 0 Å². The normalized spacial score (nSPS) is 10.6. The van der Waals surface area contributed by atoms with E-state index in [2.05, 4.69) is 16.8 Å². The fourth-order valence-electron chi connectivity index (χ4n) is 2.66. The molecule has 0 aliphatic rings. The molecule has 0 atom stereocenters. The number of anilines is 1. The lowest BCUT2D eigenvalue weighted by molar-refractivity contribution is -0.696. The number of nitrogens with one attached hydrogen (secondary N) is 1. The van der Waals surface area contributed by atoms with Crippen LogP contribution in [0.4, 0.5) is 10.5 Å². The van der Waals surface area contributed by atoms with E-state index in [9.17, 15) is 4.79 Å². The first-order chi connectivity index (χ1) is 10.7. The third-order valence-electron chi connectivity index (χ3n) is 3.90. The van der Waals surface area contributed by atoms with E-state index < -0.39 is 6.03 Å². The van der Waals surface area contributed by atoms with Gasteiger partial charge >= 0.3 is 6.03 Å². The number of aromatic nitrogens is 1. The highest BCUT2D eigenvalue weighted by molar-refractivity contribution is 5.87. The molecule has 0 aromatic carbocycles. The first-order valence-corrected chi connectivity index (χ1v) is 8.78. The van der Waals surface area contributed by atoms with Crippen molar-refractivity contribution in [3.63, 3.8) is 0 Å². The quantitative estimate of drug-likeness (QED) is 0.437. The van der Waals surface area contributed by atoms with Crippen LogP contribution in [0.1, 0.15) is 71.1 Å². The van der Waals surface area contributed by atoms with E-state index in [1.807, 2.05) is 24.5 Å². The predicted octanol–water partition coefficient (Wildman–Crippen LogP) is 4.39. The molecule has 1 rings (SSSR count). The van der Waals surface area contributed by atoms with E-state index in [1.165, 1.54) is 64.2 Å². The van der Waals surface area contributed by atoms with Crippen LogP contribution in [0.15, 0.2) is 24.5 Å². The number of carbonyl (C=O) groups excluding carboxylic acids is 1. The van der Waals surface area contributed by atoms with Gasteiger partial charge in [0.1, 0.15) is 12.2 Å². The first-order valence-electron chi connectivity index (χ1n) is 8.78. The molecule has 0 saturated heterocycles. The Labute approximate surface area is 135 Å². The number of amides is 2. The number of urea groups is 1. The number of rotatable bonds is 12. The predicted molar refractivity (Wildman–Crippen MR) is 91.7 cm³/mol. The maximum atomic E-state index is 10.8. The standard InChI is InChI=1S/C18H31N3O/c1-2-3-4-5-6-7-8-9-10-11-14-21-15-12-13-17(16-21)20-18(19)22/h12-13,15-16H,2-11,14H2,1H3,(H2-,19,20,22)/p+1.